The second kappa shape index (κ2) is 6.37. The minimum Gasteiger partial charge on any atom is -0.507 e. The van der Waals surface area contributed by atoms with E-state index in [4.69, 9.17) is 0 Å². The summed E-state index contributed by atoms with van der Waals surface area (Å²) in [7, 11) is 0. The first-order valence-corrected chi connectivity index (χ1v) is 7.30. The fourth-order valence-electron chi connectivity index (χ4n) is 2.33. The lowest BCUT2D eigenvalue weighted by Crippen LogP contribution is -2.19. The topological polar surface area (TPSA) is 94.5 Å². The summed E-state index contributed by atoms with van der Waals surface area (Å²) in [4.78, 5) is 26.7. The number of rotatable bonds is 3. The number of carbonyl (C=O) groups is 1. The van der Waals surface area contributed by atoms with E-state index in [-0.39, 0.29) is 16.9 Å². The van der Waals surface area contributed by atoms with Crippen molar-refractivity contribution in [2.45, 2.75) is 6.92 Å². The molecule has 3 aromatic rings. The maximum atomic E-state index is 12.0. The van der Waals surface area contributed by atoms with Gasteiger partial charge in [0.15, 0.2) is 0 Å². The second-order valence-electron chi connectivity index (χ2n) is 5.36. The summed E-state index contributed by atoms with van der Waals surface area (Å²) in [5, 5.41) is 14.3. The van der Waals surface area contributed by atoms with Crippen molar-refractivity contribution in [2.75, 3.05) is 0 Å². The largest absolute Gasteiger partial charge is 0.507 e. The van der Waals surface area contributed by atoms with Gasteiger partial charge >= 0.3 is 0 Å². The number of para-hydroxylation sites is 1. The Hall–Kier alpha value is -3.41. The second-order valence-corrected chi connectivity index (χ2v) is 5.36. The highest BCUT2D eigenvalue weighted by atomic mass is 16.3. The minimum absolute atomic E-state index is 0.109. The number of phenols is 1. The van der Waals surface area contributed by atoms with Crippen molar-refractivity contribution in [1.29, 1.82) is 0 Å². The van der Waals surface area contributed by atoms with Crippen LogP contribution in [0.4, 0.5) is 0 Å². The Morgan fingerprint density at radius 3 is 2.79 bits per heavy atom. The zero-order valence-electron chi connectivity index (χ0n) is 12.9. The third-order valence-corrected chi connectivity index (χ3v) is 3.55. The smallest absolute Gasteiger partial charge is 0.275 e. The molecule has 0 unspecified atom stereocenters. The number of carbonyl (C=O) groups excluding carboxylic acids is 1. The van der Waals surface area contributed by atoms with Crippen molar-refractivity contribution >= 4 is 23.0 Å². The van der Waals surface area contributed by atoms with Gasteiger partial charge in [0.2, 0.25) is 0 Å². The molecule has 0 aliphatic heterocycles. The van der Waals surface area contributed by atoms with Crippen LogP contribution in [0.2, 0.25) is 0 Å². The van der Waals surface area contributed by atoms with E-state index in [9.17, 15) is 14.7 Å². The van der Waals surface area contributed by atoms with Crippen molar-refractivity contribution in [1.82, 2.24) is 10.4 Å². The van der Waals surface area contributed by atoms with E-state index >= 15 is 0 Å². The Morgan fingerprint density at radius 2 is 2.00 bits per heavy atom. The summed E-state index contributed by atoms with van der Waals surface area (Å²) in [5.41, 5.74) is 4.24. The van der Waals surface area contributed by atoms with Crippen LogP contribution in [0.1, 0.15) is 21.5 Å². The van der Waals surface area contributed by atoms with E-state index in [1.807, 2.05) is 25.1 Å². The van der Waals surface area contributed by atoms with Crippen molar-refractivity contribution in [3.05, 3.63) is 75.6 Å². The lowest BCUT2D eigenvalue weighted by Gasteiger charge is -2.02. The van der Waals surface area contributed by atoms with Gasteiger partial charge in [-0.25, -0.2) is 5.43 Å². The molecule has 24 heavy (non-hydrogen) atoms. The number of aromatic hydroxyl groups is 1. The molecule has 1 heterocycles. The molecule has 2 aromatic carbocycles. The lowest BCUT2D eigenvalue weighted by atomic mass is 10.1. The normalized spacial score (nSPS) is 11.0. The first kappa shape index (κ1) is 15.5. The molecule has 0 aliphatic rings. The number of aromatic amines is 1. The third-order valence-electron chi connectivity index (χ3n) is 3.55. The van der Waals surface area contributed by atoms with Crippen LogP contribution in [0, 0.1) is 6.92 Å². The predicted octanol–water partition coefficient (Wildman–Crippen LogP) is 2.31. The Balaban J connectivity index is 1.83. The number of hydrogen-bond acceptors (Lipinski definition) is 4. The molecule has 3 N–H and O–H groups in total. The number of hydrazone groups is 1. The number of benzene rings is 2. The number of phenolic OH excluding ortho intramolecular Hbond substituents is 1. The Bertz CT molecular complexity index is 1010. The molecule has 0 saturated carbocycles. The zero-order chi connectivity index (χ0) is 17.1. The van der Waals surface area contributed by atoms with Gasteiger partial charge in [-0.05, 0) is 42.6 Å². The van der Waals surface area contributed by atoms with Crippen LogP contribution in [-0.4, -0.2) is 22.2 Å². The van der Waals surface area contributed by atoms with Crippen LogP contribution in [0.25, 0.3) is 10.9 Å². The summed E-state index contributed by atoms with van der Waals surface area (Å²) in [6, 6.07) is 13.5. The van der Waals surface area contributed by atoms with Crippen molar-refractivity contribution in [3.63, 3.8) is 0 Å². The highest BCUT2D eigenvalue weighted by Crippen LogP contribution is 2.15. The molecule has 0 radical (unpaired) electrons. The van der Waals surface area contributed by atoms with Crippen molar-refractivity contribution in [2.24, 2.45) is 5.10 Å². The molecule has 120 valence electrons. The molecule has 1 aromatic heterocycles. The number of nitrogens with one attached hydrogen (secondary N) is 2. The fraction of sp³-hybridized carbons (Fsp3) is 0.0556. The Labute approximate surface area is 137 Å². The monoisotopic (exact) mass is 321 g/mol. The van der Waals surface area contributed by atoms with Gasteiger partial charge < -0.3 is 10.1 Å². The third kappa shape index (κ3) is 3.17. The molecule has 6 nitrogen and oxygen atoms in total. The number of amides is 1. The van der Waals surface area contributed by atoms with Gasteiger partial charge in [0.25, 0.3) is 11.5 Å². The van der Waals surface area contributed by atoms with E-state index in [0.717, 1.165) is 16.5 Å². The summed E-state index contributed by atoms with van der Waals surface area (Å²) in [6.07, 6.45) is 1.28. The van der Waals surface area contributed by atoms with Crippen LogP contribution in [0.5, 0.6) is 5.75 Å². The molecular formula is C18H15N3O3. The van der Waals surface area contributed by atoms with Crippen molar-refractivity contribution in [3.8, 4) is 5.75 Å². The fourth-order valence-corrected chi connectivity index (χ4v) is 2.33. The highest BCUT2D eigenvalue weighted by molar-refractivity contribution is 5.97. The summed E-state index contributed by atoms with van der Waals surface area (Å²) in [6.45, 7) is 1.96. The van der Waals surface area contributed by atoms with E-state index in [1.54, 1.807) is 18.2 Å². The number of nitrogens with zero attached hydrogens (tertiary/aromatic N) is 1. The zero-order valence-corrected chi connectivity index (χ0v) is 12.9. The molecule has 0 saturated heterocycles. The van der Waals surface area contributed by atoms with Crippen LogP contribution >= 0.6 is 0 Å². The number of fused-ring (bicyclic) bond motifs is 1. The summed E-state index contributed by atoms with van der Waals surface area (Å²) >= 11 is 0. The van der Waals surface area contributed by atoms with Gasteiger partial charge in [0, 0.05) is 5.52 Å². The first-order valence-electron chi connectivity index (χ1n) is 7.30. The minimum atomic E-state index is -0.558. The molecule has 0 bridgehead atoms. The first-order chi connectivity index (χ1) is 11.5. The van der Waals surface area contributed by atoms with Gasteiger partial charge in [-0.15, -0.1) is 0 Å². The molecule has 6 heteroatoms. The predicted molar refractivity (Wildman–Crippen MR) is 92.5 cm³/mol. The van der Waals surface area contributed by atoms with Crippen LogP contribution in [-0.2, 0) is 0 Å². The molecule has 0 aliphatic carbocycles. The molecule has 0 atom stereocenters. The Kier molecular flexibility index (Phi) is 4.11. The van der Waals surface area contributed by atoms with Crippen LogP contribution < -0.4 is 11.0 Å². The maximum Gasteiger partial charge on any atom is 0.275 e. The maximum absolute atomic E-state index is 12.0. The van der Waals surface area contributed by atoms with E-state index < -0.39 is 5.91 Å². The lowest BCUT2D eigenvalue weighted by molar-refractivity contribution is 0.0952. The SMILES string of the molecule is Cc1ccc2[nH]c(=O)c(/C=N\NC(=O)c3ccccc3O)cc2c1. The molecule has 3 rings (SSSR count). The molecular weight excluding hydrogens is 306 g/mol. The average molecular weight is 321 g/mol. The molecule has 0 fully saturated rings. The standard InChI is InChI=1S/C18H15N3O3/c1-11-6-7-15-12(8-11)9-13(17(23)20-15)10-19-21-18(24)14-4-2-3-5-16(14)22/h2-10,22H,1H3,(H,20,23)(H,21,24)/b19-10-. The van der Waals surface area contributed by atoms with Crippen molar-refractivity contribution < 1.29 is 9.90 Å². The Morgan fingerprint density at radius 1 is 1.21 bits per heavy atom. The van der Waals surface area contributed by atoms with E-state index in [0.29, 0.717) is 5.56 Å². The summed E-state index contributed by atoms with van der Waals surface area (Å²) in [5.74, 6) is -0.693. The van der Waals surface area contributed by atoms with Gasteiger partial charge in [0.05, 0.1) is 17.3 Å². The number of aryl methyl sites for hydroxylation is 1. The number of H-pyrrole nitrogens is 1. The number of aromatic nitrogens is 1. The van der Waals surface area contributed by atoms with Crippen LogP contribution in [0.3, 0.4) is 0 Å². The number of hydrogen-bond donors (Lipinski definition) is 3. The van der Waals surface area contributed by atoms with Crippen LogP contribution in [0.15, 0.2) is 58.4 Å². The van der Waals surface area contributed by atoms with Gasteiger partial charge in [-0.1, -0.05) is 23.8 Å². The van der Waals surface area contributed by atoms with Gasteiger partial charge in [-0.2, -0.15) is 5.10 Å². The van der Waals surface area contributed by atoms with E-state index in [1.165, 1.54) is 18.3 Å². The van der Waals surface area contributed by atoms with Gasteiger partial charge in [-0.3, -0.25) is 9.59 Å². The average Bonchev–Trinajstić information content (AvgIpc) is 2.56. The molecule has 1 amide bonds. The summed E-state index contributed by atoms with van der Waals surface area (Å²) < 4.78 is 0. The van der Waals surface area contributed by atoms with Gasteiger partial charge in [0.1, 0.15) is 5.75 Å². The number of pyridine rings is 1. The van der Waals surface area contributed by atoms with E-state index in [2.05, 4.69) is 15.5 Å². The quantitative estimate of drug-likeness (QED) is 0.510. The molecule has 0 spiro atoms. The highest BCUT2D eigenvalue weighted by Gasteiger charge is 2.08.